The molecule has 17 heavy (non-hydrogen) atoms. The van der Waals surface area contributed by atoms with Gasteiger partial charge in [0.25, 0.3) is 0 Å². The van der Waals surface area contributed by atoms with E-state index < -0.39 is 5.54 Å². The molecule has 94 valence electrons. The van der Waals surface area contributed by atoms with Crippen LogP contribution in [0, 0.1) is 0 Å². The van der Waals surface area contributed by atoms with E-state index in [0.29, 0.717) is 0 Å². The molecule has 0 radical (unpaired) electrons. The molecule has 2 atom stereocenters. The molecule has 1 saturated heterocycles. The molecule has 1 aliphatic rings. The van der Waals surface area contributed by atoms with Gasteiger partial charge in [-0.3, -0.25) is 4.79 Å². The lowest BCUT2D eigenvalue weighted by atomic mass is 9.98. The van der Waals surface area contributed by atoms with E-state index in [0.717, 1.165) is 31.6 Å². The summed E-state index contributed by atoms with van der Waals surface area (Å²) >= 11 is 0. The lowest BCUT2D eigenvalue weighted by Gasteiger charge is -2.26. The smallest absolute Gasteiger partial charge is 0.240 e. The molecule has 1 aromatic heterocycles. The Balaban J connectivity index is 2.02. The highest BCUT2D eigenvalue weighted by atomic mass is 16.2. The maximum atomic E-state index is 12.2. The summed E-state index contributed by atoms with van der Waals surface area (Å²) in [4.78, 5) is 19.5. The Morgan fingerprint density at radius 3 is 3.06 bits per heavy atom. The van der Waals surface area contributed by atoms with Crippen molar-refractivity contribution in [1.82, 2.24) is 20.6 Å². The minimum absolute atomic E-state index is 0.0308. The highest BCUT2D eigenvalue weighted by Gasteiger charge is 2.36. The number of rotatable bonds is 4. The van der Waals surface area contributed by atoms with Crippen LogP contribution in [0.5, 0.6) is 0 Å². The maximum Gasteiger partial charge on any atom is 0.240 e. The van der Waals surface area contributed by atoms with Gasteiger partial charge < -0.3 is 15.6 Å². The summed E-state index contributed by atoms with van der Waals surface area (Å²) in [6.07, 6.45) is 6.27. The topological polar surface area (TPSA) is 69.8 Å². The standard InChI is InChI=1S/C12H20N4O/c1-3-9(10-13-7-8-14-10)16-11(17)12(2)5-4-6-15-12/h7-9,15H,3-6H2,1-2H3,(H,13,14)(H,16,17). The second-order valence-corrected chi connectivity index (χ2v) is 4.77. The number of nitrogens with one attached hydrogen (secondary N) is 3. The van der Waals surface area contributed by atoms with Crippen LogP contribution in [0.25, 0.3) is 0 Å². The minimum atomic E-state index is -0.417. The third-order valence-electron chi connectivity index (χ3n) is 3.43. The van der Waals surface area contributed by atoms with Crippen molar-refractivity contribution in [3.63, 3.8) is 0 Å². The fraction of sp³-hybridized carbons (Fsp3) is 0.667. The van der Waals surface area contributed by atoms with Crippen LogP contribution in [0.4, 0.5) is 0 Å². The Morgan fingerprint density at radius 1 is 1.71 bits per heavy atom. The molecule has 2 rings (SSSR count). The minimum Gasteiger partial charge on any atom is -0.347 e. The van der Waals surface area contributed by atoms with E-state index in [1.54, 1.807) is 12.4 Å². The summed E-state index contributed by atoms with van der Waals surface area (Å²) in [5.74, 6) is 0.890. The van der Waals surface area contributed by atoms with E-state index in [2.05, 4.69) is 20.6 Å². The van der Waals surface area contributed by atoms with Gasteiger partial charge in [0, 0.05) is 12.4 Å². The van der Waals surface area contributed by atoms with E-state index in [-0.39, 0.29) is 11.9 Å². The van der Waals surface area contributed by atoms with Gasteiger partial charge in [-0.05, 0) is 32.7 Å². The Labute approximate surface area is 101 Å². The van der Waals surface area contributed by atoms with E-state index >= 15 is 0 Å². The number of carbonyl (C=O) groups is 1. The first-order valence-electron chi connectivity index (χ1n) is 6.21. The zero-order valence-corrected chi connectivity index (χ0v) is 10.4. The van der Waals surface area contributed by atoms with Gasteiger partial charge in [0.1, 0.15) is 5.82 Å². The van der Waals surface area contributed by atoms with Gasteiger partial charge in [-0.15, -0.1) is 0 Å². The van der Waals surface area contributed by atoms with Crippen molar-refractivity contribution < 1.29 is 4.79 Å². The number of aromatic amines is 1. The van der Waals surface area contributed by atoms with Crippen LogP contribution in [0.1, 0.15) is 45.0 Å². The quantitative estimate of drug-likeness (QED) is 0.733. The first-order valence-corrected chi connectivity index (χ1v) is 6.21. The summed E-state index contributed by atoms with van der Waals surface area (Å²) in [5, 5.41) is 6.32. The number of hydrogen-bond acceptors (Lipinski definition) is 3. The zero-order valence-electron chi connectivity index (χ0n) is 10.4. The van der Waals surface area contributed by atoms with Crippen LogP contribution in [0.15, 0.2) is 12.4 Å². The van der Waals surface area contributed by atoms with Crippen LogP contribution in [0.2, 0.25) is 0 Å². The van der Waals surface area contributed by atoms with Crippen molar-refractivity contribution in [2.45, 2.75) is 44.7 Å². The Hall–Kier alpha value is -1.36. The number of nitrogens with zero attached hydrogens (tertiary/aromatic N) is 1. The Morgan fingerprint density at radius 2 is 2.53 bits per heavy atom. The SMILES string of the molecule is CCC(NC(=O)C1(C)CCCN1)c1ncc[nH]1. The van der Waals surface area contributed by atoms with Crippen molar-refractivity contribution in [3.8, 4) is 0 Å². The maximum absolute atomic E-state index is 12.2. The highest BCUT2D eigenvalue weighted by Crippen LogP contribution is 2.21. The highest BCUT2D eigenvalue weighted by molar-refractivity contribution is 5.86. The van der Waals surface area contributed by atoms with Gasteiger partial charge in [0.15, 0.2) is 0 Å². The van der Waals surface area contributed by atoms with Crippen LogP contribution in [0.3, 0.4) is 0 Å². The normalized spacial score (nSPS) is 25.8. The van der Waals surface area contributed by atoms with Crippen molar-refractivity contribution >= 4 is 5.91 Å². The predicted octanol–water partition coefficient (Wildman–Crippen LogP) is 1.12. The molecule has 5 nitrogen and oxygen atoms in total. The second kappa shape index (κ2) is 4.87. The summed E-state index contributed by atoms with van der Waals surface area (Å²) in [6, 6.07) is -0.0308. The van der Waals surface area contributed by atoms with E-state index in [4.69, 9.17) is 0 Å². The van der Waals surface area contributed by atoms with Crippen molar-refractivity contribution in [1.29, 1.82) is 0 Å². The molecule has 5 heteroatoms. The second-order valence-electron chi connectivity index (χ2n) is 4.77. The average Bonchev–Trinajstić information content (AvgIpc) is 2.97. The fourth-order valence-electron chi connectivity index (χ4n) is 2.24. The molecule has 0 aliphatic carbocycles. The first-order chi connectivity index (χ1) is 8.15. The fourth-order valence-corrected chi connectivity index (χ4v) is 2.24. The number of hydrogen-bond donors (Lipinski definition) is 3. The molecular formula is C12H20N4O. The van der Waals surface area contributed by atoms with Crippen LogP contribution in [-0.2, 0) is 4.79 Å². The van der Waals surface area contributed by atoms with Crippen LogP contribution >= 0.6 is 0 Å². The molecule has 0 spiro atoms. The van der Waals surface area contributed by atoms with E-state index in [9.17, 15) is 4.79 Å². The molecule has 2 heterocycles. The van der Waals surface area contributed by atoms with Gasteiger partial charge in [0.2, 0.25) is 5.91 Å². The van der Waals surface area contributed by atoms with Crippen molar-refractivity contribution in [2.75, 3.05) is 6.54 Å². The zero-order chi connectivity index (χ0) is 12.3. The molecule has 2 unspecified atom stereocenters. The lowest BCUT2D eigenvalue weighted by Crippen LogP contribution is -2.52. The van der Waals surface area contributed by atoms with E-state index in [1.165, 1.54) is 0 Å². The third-order valence-corrected chi connectivity index (χ3v) is 3.43. The average molecular weight is 236 g/mol. The molecule has 1 aromatic rings. The number of imidazole rings is 1. The molecule has 0 aromatic carbocycles. The van der Waals surface area contributed by atoms with Gasteiger partial charge in [-0.25, -0.2) is 4.98 Å². The third kappa shape index (κ3) is 2.49. The summed E-state index contributed by atoms with van der Waals surface area (Å²) in [6.45, 7) is 4.92. The molecule has 1 amide bonds. The Kier molecular flexibility index (Phi) is 3.47. The van der Waals surface area contributed by atoms with E-state index in [1.807, 2.05) is 13.8 Å². The molecule has 1 aliphatic heterocycles. The largest absolute Gasteiger partial charge is 0.347 e. The van der Waals surface area contributed by atoms with Crippen LogP contribution in [-0.4, -0.2) is 28.0 Å². The molecule has 3 N–H and O–H groups in total. The molecular weight excluding hydrogens is 216 g/mol. The number of H-pyrrole nitrogens is 1. The monoisotopic (exact) mass is 236 g/mol. The number of amides is 1. The van der Waals surface area contributed by atoms with Gasteiger partial charge in [0.05, 0.1) is 11.6 Å². The van der Waals surface area contributed by atoms with Crippen LogP contribution < -0.4 is 10.6 Å². The molecule has 1 fully saturated rings. The van der Waals surface area contributed by atoms with Crippen molar-refractivity contribution in [3.05, 3.63) is 18.2 Å². The number of carbonyl (C=O) groups excluding carboxylic acids is 1. The lowest BCUT2D eigenvalue weighted by molar-refractivity contribution is -0.127. The predicted molar refractivity (Wildman–Crippen MR) is 65.4 cm³/mol. The van der Waals surface area contributed by atoms with Gasteiger partial charge in [-0.1, -0.05) is 6.92 Å². The summed E-state index contributed by atoms with van der Waals surface area (Å²) < 4.78 is 0. The molecule has 0 bridgehead atoms. The summed E-state index contributed by atoms with van der Waals surface area (Å²) in [5.41, 5.74) is -0.417. The van der Waals surface area contributed by atoms with Crippen molar-refractivity contribution in [2.24, 2.45) is 0 Å². The first kappa shape index (κ1) is 12.1. The summed E-state index contributed by atoms with van der Waals surface area (Å²) in [7, 11) is 0. The van der Waals surface area contributed by atoms with Gasteiger partial charge >= 0.3 is 0 Å². The molecule has 0 saturated carbocycles. The number of aromatic nitrogens is 2. The van der Waals surface area contributed by atoms with Gasteiger partial charge in [-0.2, -0.15) is 0 Å². The Bertz CT molecular complexity index is 368.